The minimum atomic E-state index is -3.39. The molecule has 2 aromatic rings. The Balaban J connectivity index is 1.53. The van der Waals surface area contributed by atoms with Crippen LogP contribution in [0.2, 0.25) is 0 Å². The lowest BCUT2D eigenvalue weighted by molar-refractivity contribution is -0.0194. The second-order valence-corrected chi connectivity index (χ2v) is 7.88. The standard InChI is InChI=1S/C13H16N6O4S/c1-24(21,22)16-11-10(8-3-5-23-12(8)11)14-13(20)7-2-4-19-9(6-7)15-17-18-19/h2,4,6,8,10-12,16H,3,5H2,1H3,(H,14,20)/t8-,10+,11-,12-/m0/s1. The Morgan fingerprint density at radius 1 is 1.42 bits per heavy atom. The molecule has 3 heterocycles. The molecule has 1 aliphatic heterocycles. The maximum Gasteiger partial charge on any atom is 0.251 e. The maximum atomic E-state index is 12.5. The zero-order chi connectivity index (χ0) is 16.9. The number of rotatable bonds is 4. The summed E-state index contributed by atoms with van der Waals surface area (Å²) in [7, 11) is -3.39. The van der Waals surface area contributed by atoms with E-state index in [1.165, 1.54) is 4.52 Å². The van der Waals surface area contributed by atoms with Gasteiger partial charge in [0.25, 0.3) is 5.91 Å². The Morgan fingerprint density at radius 3 is 3.04 bits per heavy atom. The van der Waals surface area contributed by atoms with Crippen LogP contribution >= 0.6 is 0 Å². The first-order chi connectivity index (χ1) is 11.4. The third-order valence-electron chi connectivity index (χ3n) is 4.49. The Kier molecular flexibility index (Phi) is 3.51. The number of carbonyl (C=O) groups is 1. The van der Waals surface area contributed by atoms with Crippen LogP contribution in [0.5, 0.6) is 0 Å². The van der Waals surface area contributed by atoms with E-state index in [9.17, 15) is 13.2 Å². The van der Waals surface area contributed by atoms with Crippen molar-refractivity contribution in [3.05, 3.63) is 23.9 Å². The van der Waals surface area contributed by atoms with E-state index in [0.717, 1.165) is 12.7 Å². The third-order valence-corrected chi connectivity index (χ3v) is 5.19. The Hall–Kier alpha value is -2.11. The van der Waals surface area contributed by atoms with Gasteiger partial charge in [0.1, 0.15) is 0 Å². The predicted molar refractivity (Wildman–Crippen MR) is 81.7 cm³/mol. The largest absolute Gasteiger partial charge is 0.376 e. The van der Waals surface area contributed by atoms with E-state index in [0.29, 0.717) is 17.8 Å². The van der Waals surface area contributed by atoms with Gasteiger partial charge in [0, 0.05) is 24.3 Å². The topological polar surface area (TPSA) is 128 Å². The lowest BCUT2D eigenvalue weighted by Gasteiger charge is -2.47. The normalized spacial score (nSPS) is 29.2. The fraction of sp³-hybridized carbons (Fsp3) is 0.538. The van der Waals surface area contributed by atoms with Gasteiger partial charge in [0.15, 0.2) is 5.65 Å². The highest BCUT2D eigenvalue weighted by molar-refractivity contribution is 7.88. The van der Waals surface area contributed by atoms with Crippen molar-refractivity contribution >= 4 is 21.6 Å². The van der Waals surface area contributed by atoms with E-state index in [2.05, 4.69) is 25.6 Å². The number of hydrogen-bond donors (Lipinski definition) is 2. The molecule has 4 rings (SSSR count). The van der Waals surface area contributed by atoms with Gasteiger partial charge in [-0.15, -0.1) is 5.10 Å². The minimum Gasteiger partial charge on any atom is -0.376 e. The minimum absolute atomic E-state index is 0.117. The molecule has 2 aromatic heterocycles. The summed E-state index contributed by atoms with van der Waals surface area (Å²) in [4.78, 5) is 12.5. The SMILES string of the molecule is CS(=O)(=O)N[C@H]1[C@H](NC(=O)c2ccn3nnnc3c2)[C@@H]2CCO[C@@H]21. The first-order valence-electron chi connectivity index (χ1n) is 7.50. The van der Waals surface area contributed by atoms with E-state index in [1.54, 1.807) is 18.3 Å². The first kappa shape index (κ1) is 15.4. The highest BCUT2D eigenvalue weighted by Gasteiger charge is 2.55. The number of nitrogens with zero attached hydrogens (tertiary/aromatic N) is 4. The molecule has 11 heteroatoms. The van der Waals surface area contributed by atoms with Crippen LogP contribution in [0, 0.1) is 5.92 Å². The van der Waals surface area contributed by atoms with Gasteiger partial charge in [-0.1, -0.05) is 0 Å². The number of pyridine rings is 1. The van der Waals surface area contributed by atoms with Crippen LogP contribution in [0.4, 0.5) is 0 Å². The fourth-order valence-electron chi connectivity index (χ4n) is 3.41. The molecule has 2 N–H and O–H groups in total. The summed E-state index contributed by atoms with van der Waals surface area (Å²) in [6.07, 6.45) is 3.30. The number of aromatic nitrogens is 4. The number of carbonyl (C=O) groups excluding carboxylic acids is 1. The molecule has 1 amide bonds. The lowest BCUT2D eigenvalue weighted by atomic mass is 9.72. The van der Waals surface area contributed by atoms with E-state index in [4.69, 9.17) is 4.74 Å². The van der Waals surface area contributed by atoms with Crippen molar-refractivity contribution in [2.45, 2.75) is 24.6 Å². The molecule has 10 nitrogen and oxygen atoms in total. The highest BCUT2D eigenvalue weighted by atomic mass is 32.2. The zero-order valence-electron chi connectivity index (χ0n) is 12.8. The molecule has 2 fully saturated rings. The summed E-state index contributed by atoms with van der Waals surface area (Å²) in [5.41, 5.74) is 0.877. The lowest BCUT2D eigenvalue weighted by Crippen LogP contribution is -2.70. The van der Waals surface area contributed by atoms with Crippen LogP contribution in [0.25, 0.3) is 5.65 Å². The summed E-state index contributed by atoms with van der Waals surface area (Å²) in [5, 5.41) is 14.0. The molecule has 0 spiro atoms. The molecule has 0 radical (unpaired) electrons. The molecule has 0 bridgehead atoms. The van der Waals surface area contributed by atoms with Crippen LogP contribution < -0.4 is 10.0 Å². The van der Waals surface area contributed by atoms with Crippen LogP contribution in [-0.4, -0.2) is 65.4 Å². The van der Waals surface area contributed by atoms with E-state index in [-0.39, 0.29) is 24.0 Å². The number of nitrogens with one attached hydrogen (secondary N) is 2. The monoisotopic (exact) mass is 352 g/mol. The molecule has 0 unspecified atom stereocenters. The van der Waals surface area contributed by atoms with Crippen LogP contribution in [0.15, 0.2) is 18.3 Å². The molecule has 1 saturated heterocycles. The van der Waals surface area contributed by atoms with Crippen molar-refractivity contribution in [1.82, 2.24) is 30.1 Å². The molecular formula is C13H16N6O4S. The van der Waals surface area contributed by atoms with Gasteiger partial charge in [-0.05, 0) is 29.0 Å². The second-order valence-electron chi connectivity index (χ2n) is 6.10. The maximum absolute atomic E-state index is 12.5. The number of fused-ring (bicyclic) bond motifs is 2. The van der Waals surface area contributed by atoms with Crippen molar-refractivity contribution in [2.75, 3.05) is 12.9 Å². The van der Waals surface area contributed by atoms with Crippen LogP contribution in [0.3, 0.4) is 0 Å². The van der Waals surface area contributed by atoms with E-state index in [1.807, 2.05) is 0 Å². The van der Waals surface area contributed by atoms with E-state index < -0.39 is 16.1 Å². The Morgan fingerprint density at radius 2 is 2.25 bits per heavy atom. The quantitative estimate of drug-likeness (QED) is 0.690. The summed E-state index contributed by atoms with van der Waals surface area (Å²) < 4.78 is 32.6. The van der Waals surface area contributed by atoms with Gasteiger partial charge >= 0.3 is 0 Å². The molecule has 4 atom stereocenters. The van der Waals surface area contributed by atoms with E-state index >= 15 is 0 Å². The summed E-state index contributed by atoms with van der Waals surface area (Å²) in [6, 6.07) is 2.44. The summed E-state index contributed by atoms with van der Waals surface area (Å²) in [6.45, 7) is 0.570. The average molecular weight is 352 g/mol. The third kappa shape index (κ3) is 2.64. The van der Waals surface area contributed by atoms with Gasteiger partial charge in [0.2, 0.25) is 10.0 Å². The Bertz CT molecular complexity index is 897. The fourth-order valence-corrected chi connectivity index (χ4v) is 4.18. The molecule has 0 aromatic carbocycles. The number of ether oxygens (including phenoxy) is 1. The number of sulfonamides is 1. The van der Waals surface area contributed by atoms with Crippen molar-refractivity contribution in [3.8, 4) is 0 Å². The first-order valence-corrected chi connectivity index (χ1v) is 9.39. The summed E-state index contributed by atoms with van der Waals surface area (Å²) >= 11 is 0. The molecule has 24 heavy (non-hydrogen) atoms. The number of tetrazole rings is 1. The molecule has 128 valence electrons. The average Bonchev–Trinajstić information content (AvgIpc) is 3.15. The molecular weight excluding hydrogens is 336 g/mol. The van der Waals surface area contributed by atoms with Crippen molar-refractivity contribution < 1.29 is 17.9 Å². The van der Waals surface area contributed by atoms with Crippen LogP contribution in [0.1, 0.15) is 16.8 Å². The van der Waals surface area contributed by atoms with Crippen molar-refractivity contribution in [2.24, 2.45) is 5.92 Å². The number of hydrogen-bond acceptors (Lipinski definition) is 7. The summed E-state index contributed by atoms with van der Waals surface area (Å²) in [5.74, 6) is -0.178. The molecule has 1 aliphatic carbocycles. The van der Waals surface area contributed by atoms with Gasteiger partial charge in [0.05, 0.1) is 24.4 Å². The highest BCUT2D eigenvalue weighted by Crippen LogP contribution is 2.39. The van der Waals surface area contributed by atoms with Gasteiger partial charge < -0.3 is 10.1 Å². The van der Waals surface area contributed by atoms with Crippen molar-refractivity contribution in [3.63, 3.8) is 0 Å². The second kappa shape index (κ2) is 5.46. The smallest absolute Gasteiger partial charge is 0.251 e. The van der Waals surface area contributed by atoms with Gasteiger partial charge in [-0.25, -0.2) is 17.7 Å². The zero-order valence-corrected chi connectivity index (χ0v) is 13.6. The van der Waals surface area contributed by atoms with Crippen molar-refractivity contribution in [1.29, 1.82) is 0 Å². The van der Waals surface area contributed by atoms with Gasteiger partial charge in [-0.3, -0.25) is 4.79 Å². The van der Waals surface area contributed by atoms with Crippen LogP contribution in [-0.2, 0) is 14.8 Å². The molecule has 1 saturated carbocycles. The Labute approximate surface area is 137 Å². The molecule has 2 aliphatic rings. The van der Waals surface area contributed by atoms with Gasteiger partial charge in [-0.2, -0.15) is 0 Å². The number of amides is 1. The predicted octanol–water partition coefficient (Wildman–Crippen LogP) is -1.44.